The van der Waals surface area contributed by atoms with Gasteiger partial charge in [0.25, 0.3) is 0 Å². The first-order valence-corrected chi connectivity index (χ1v) is 7.10. The van der Waals surface area contributed by atoms with Crippen LogP contribution in [-0.2, 0) is 12.8 Å². The molecule has 1 heterocycles. The van der Waals surface area contributed by atoms with Crippen molar-refractivity contribution in [2.24, 2.45) is 0 Å². The van der Waals surface area contributed by atoms with E-state index in [9.17, 15) is 0 Å². The van der Waals surface area contributed by atoms with Gasteiger partial charge in [0, 0.05) is 28.0 Å². The van der Waals surface area contributed by atoms with Crippen LogP contribution in [0.3, 0.4) is 0 Å². The molecule has 3 nitrogen and oxygen atoms in total. The molecule has 0 saturated heterocycles. The second-order valence-electron chi connectivity index (χ2n) is 4.72. The number of aromatic nitrogens is 1. The van der Waals surface area contributed by atoms with Gasteiger partial charge in [-0.05, 0) is 48.1 Å². The molecular weight excluding hydrogens is 304 g/mol. The third kappa shape index (κ3) is 2.10. The van der Waals surface area contributed by atoms with Crippen LogP contribution < -0.4 is 10.5 Å². The molecule has 0 spiro atoms. The lowest BCUT2D eigenvalue weighted by Gasteiger charge is -2.13. The molecule has 1 aliphatic rings. The molecule has 0 fully saturated rings. The highest BCUT2D eigenvalue weighted by Crippen LogP contribution is 2.40. The molecule has 98 valence electrons. The van der Waals surface area contributed by atoms with E-state index >= 15 is 0 Å². The third-order valence-corrected chi connectivity index (χ3v) is 4.35. The summed E-state index contributed by atoms with van der Waals surface area (Å²) in [4.78, 5) is 4.13. The molecule has 1 aromatic carbocycles. The minimum absolute atomic E-state index is 0.605. The quantitative estimate of drug-likeness (QED) is 0.861. The maximum Gasteiger partial charge on any atom is 0.213 e. The normalized spacial score (nSPS) is 13.4. The largest absolute Gasteiger partial charge is 0.481 e. The van der Waals surface area contributed by atoms with Crippen molar-refractivity contribution in [2.45, 2.75) is 19.3 Å². The summed E-state index contributed by atoms with van der Waals surface area (Å²) in [6.07, 6.45) is 5.10. The van der Waals surface area contributed by atoms with Crippen LogP contribution in [0.4, 0.5) is 5.69 Å². The molecule has 2 aromatic rings. The molecule has 1 aliphatic carbocycles. The molecule has 3 rings (SSSR count). The van der Waals surface area contributed by atoms with E-state index in [1.54, 1.807) is 13.3 Å². The van der Waals surface area contributed by atoms with Crippen molar-refractivity contribution in [1.29, 1.82) is 0 Å². The van der Waals surface area contributed by atoms with Gasteiger partial charge in [0.2, 0.25) is 5.88 Å². The van der Waals surface area contributed by atoms with E-state index < -0.39 is 0 Å². The fraction of sp³-hybridized carbons (Fsp3) is 0.267. The van der Waals surface area contributed by atoms with Crippen molar-refractivity contribution in [3.63, 3.8) is 0 Å². The van der Waals surface area contributed by atoms with Crippen molar-refractivity contribution in [3.8, 4) is 17.0 Å². The van der Waals surface area contributed by atoms with Gasteiger partial charge in [0.15, 0.2) is 0 Å². The minimum atomic E-state index is 0.605. The van der Waals surface area contributed by atoms with Crippen molar-refractivity contribution >= 4 is 21.6 Å². The molecule has 2 N–H and O–H groups in total. The maximum absolute atomic E-state index is 6.35. The number of ether oxygens (including phenoxy) is 1. The smallest absolute Gasteiger partial charge is 0.213 e. The molecule has 4 heteroatoms. The Morgan fingerprint density at radius 1 is 1.26 bits per heavy atom. The summed E-state index contributed by atoms with van der Waals surface area (Å²) in [6.45, 7) is 0. The molecule has 0 saturated carbocycles. The Hall–Kier alpha value is -1.55. The number of pyridine rings is 1. The second-order valence-corrected chi connectivity index (χ2v) is 5.57. The zero-order valence-electron chi connectivity index (χ0n) is 10.7. The van der Waals surface area contributed by atoms with Gasteiger partial charge in [-0.3, -0.25) is 0 Å². The van der Waals surface area contributed by atoms with Gasteiger partial charge in [-0.15, -0.1) is 0 Å². The average Bonchev–Trinajstić information content (AvgIpc) is 2.93. The monoisotopic (exact) mass is 318 g/mol. The van der Waals surface area contributed by atoms with Gasteiger partial charge in [-0.1, -0.05) is 15.9 Å². The lowest BCUT2D eigenvalue weighted by Crippen LogP contribution is -1.98. The number of hydrogen-bond acceptors (Lipinski definition) is 3. The van der Waals surface area contributed by atoms with E-state index in [0.29, 0.717) is 5.88 Å². The average molecular weight is 319 g/mol. The Kier molecular flexibility index (Phi) is 3.19. The summed E-state index contributed by atoms with van der Waals surface area (Å²) in [6, 6.07) is 5.98. The van der Waals surface area contributed by atoms with E-state index in [-0.39, 0.29) is 0 Å². The molecule has 19 heavy (non-hydrogen) atoms. The Balaban J connectivity index is 2.17. The summed E-state index contributed by atoms with van der Waals surface area (Å²) in [5.41, 5.74) is 12.0. The van der Waals surface area contributed by atoms with E-state index in [1.807, 2.05) is 12.1 Å². The van der Waals surface area contributed by atoms with E-state index in [0.717, 1.165) is 34.1 Å². The molecular formula is C15H15BrN2O. The number of benzene rings is 1. The number of hydrogen-bond donors (Lipinski definition) is 1. The Bertz CT molecular complexity index is 640. The Labute approximate surface area is 120 Å². The lowest BCUT2D eigenvalue weighted by atomic mass is 9.98. The first kappa shape index (κ1) is 12.5. The van der Waals surface area contributed by atoms with Crippen molar-refractivity contribution in [2.75, 3.05) is 12.8 Å². The first-order valence-electron chi connectivity index (χ1n) is 6.31. The number of nitrogens with two attached hydrogens (primary N) is 1. The van der Waals surface area contributed by atoms with Crippen LogP contribution in [0.5, 0.6) is 5.88 Å². The molecule has 0 aliphatic heterocycles. The Morgan fingerprint density at radius 3 is 2.84 bits per heavy atom. The van der Waals surface area contributed by atoms with E-state index in [4.69, 9.17) is 10.5 Å². The molecule has 0 bridgehead atoms. The van der Waals surface area contributed by atoms with Crippen LogP contribution in [0.25, 0.3) is 11.1 Å². The first-order chi connectivity index (χ1) is 9.20. The van der Waals surface area contributed by atoms with Crippen molar-refractivity contribution in [3.05, 3.63) is 40.0 Å². The Morgan fingerprint density at radius 2 is 2.05 bits per heavy atom. The highest BCUT2D eigenvalue weighted by molar-refractivity contribution is 9.10. The summed E-state index contributed by atoms with van der Waals surface area (Å²) in [5, 5.41) is 0. The van der Waals surface area contributed by atoms with Gasteiger partial charge >= 0.3 is 0 Å². The zero-order valence-corrected chi connectivity index (χ0v) is 12.3. The highest BCUT2D eigenvalue weighted by atomic mass is 79.9. The van der Waals surface area contributed by atoms with Gasteiger partial charge < -0.3 is 10.5 Å². The third-order valence-electron chi connectivity index (χ3n) is 3.65. The van der Waals surface area contributed by atoms with Crippen LogP contribution in [0, 0.1) is 0 Å². The summed E-state index contributed by atoms with van der Waals surface area (Å²) < 4.78 is 6.33. The fourth-order valence-electron chi connectivity index (χ4n) is 2.69. The molecule has 0 atom stereocenters. The maximum atomic E-state index is 6.35. The predicted octanol–water partition coefficient (Wildman–Crippen LogP) is 3.59. The molecule has 1 aromatic heterocycles. The minimum Gasteiger partial charge on any atom is -0.481 e. The lowest BCUT2D eigenvalue weighted by molar-refractivity contribution is 0.398. The van der Waals surface area contributed by atoms with Crippen LogP contribution >= 0.6 is 15.9 Å². The van der Waals surface area contributed by atoms with E-state index in [1.165, 1.54) is 17.5 Å². The molecule has 0 unspecified atom stereocenters. The number of anilines is 1. The SMILES string of the molecule is COc1cc(-c2cc(Br)c3c(c2N)CCC3)ccn1. The van der Waals surface area contributed by atoms with Crippen LogP contribution in [0.15, 0.2) is 28.9 Å². The number of halogens is 1. The van der Waals surface area contributed by atoms with Crippen LogP contribution in [0.2, 0.25) is 0 Å². The number of rotatable bonds is 2. The summed E-state index contributed by atoms with van der Waals surface area (Å²) in [5.74, 6) is 0.605. The van der Waals surface area contributed by atoms with E-state index in [2.05, 4.69) is 27.0 Å². The number of nitrogens with zero attached hydrogens (tertiary/aromatic N) is 1. The summed E-state index contributed by atoms with van der Waals surface area (Å²) in [7, 11) is 1.62. The van der Waals surface area contributed by atoms with Gasteiger partial charge in [0.05, 0.1) is 7.11 Å². The topological polar surface area (TPSA) is 48.1 Å². The highest BCUT2D eigenvalue weighted by Gasteiger charge is 2.20. The van der Waals surface area contributed by atoms with Gasteiger partial charge in [-0.25, -0.2) is 4.98 Å². The van der Waals surface area contributed by atoms with Crippen molar-refractivity contribution < 1.29 is 4.74 Å². The molecule has 0 radical (unpaired) electrons. The predicted molar refractivity (Wildman–Crippen MR) is 80.4 cm³/mol. The molecule has 0 amide bonds. The van der Waals surface area contributed by atoms with Gasteiger partial charge in [0.1, 0.15) is 0 Å². The second kappa shape index (κ2) is 4.85. The zero-order chi connectivity index (χ0) is 13.4. The van der Waals surface area contributed by atoms with Crippen LogP contribution in [0.1, 0.15) is 17.5 Å². The fourth-order valence-corrected chi connectivity index (χ4v) is 3.35. The number of fused-ring (bicyclic) bond motifs is 1. The standard InChI is InChI=1S/C15H15BrN2O/c1-19-14-7-9(5-6-18-14)12-8-13(16)10-3-2-4-11(10)15(12)17/h5-8H,2-4,17H2,1H3. The van der Waals surface area contributed by atoms with Crippen LogP contribution in [-0.4, -0.2) is 12.1 Å². The number of methoxy groups -OCH3 is 1. The van der Waals surface area contributed by atoms with Gasteiger partial charge in [-0.2, -0.15) is 0 Å². The van der Waals surface area contributed by atoms with Crippen molar-refractivity contribution in [1.82, 2.24) is 4.98 Å². The number of nitrogen functional groups attached to an aromatic ring is 1. The summed E-state index contributed by atoms with van der Waals surface area (Å²) >= 11 is 3.66.